The van der Waals surface area contributed by atoms with Crippen LogP contribution in [-0.4, -0.2) is 28.3 Å². The van der Waals surface area contributed by atoms with Gasteiger partial charge in [0.15, 0.2) is 12.1 Å². The van der Waals surface area contributed by atoms with Crippen molar-refractivity contribution in [1.29, 1.82) is 0 Å². The maximum atomic E-state index is 13.2. The molecule has 0 saturated heterocycles. The smallest absolute Gasteiger partial charge is 0.280 e. The van der Waals surface area contributed by atoms with Crippen LogP contribution in [0.2, 0.25) is 0 Å². The summed E-state index contributed by atoms with van der Waals surface area (Å²) in [6, 6.07) is 8.64. The highest BCUT2D eigenvalue weighted by atomic mass is 19.1. The Bertz CT molecular complexity index is 1120. The van der Waals surface area contributed by atoms with E-state index < -0.39 is 11.2 Å². The third kappa shape index (κ3) is 3.37. The molecule has 31 heavy (non-hydrogen) atoms. The zero-order valence-corrected chi connectivity index (χ0v) is 16.8. The van der Waals surface area contributed by atoms with Gasteiger partial charge in [-0.05, 0) is 55.0 Å². The minimum Gasteiger partial charge on any atom is -0.451 e. The molecule has 2 aliphatic rings. The molecule has 1 saturated carbocycles. The Hall–Kier alpha value is -3.55. The van der Waals surface area contributed by atoms with Gasteiger partial charge in [-0.15, -0.1) is 0 Å². The van der Waals surface area contributed by atoms with Crippen molar-refractivity contribution in [3.05, 3.63) is 71.8 Å². The minimum atomic E-state index is -0.635. The van der Waals surface area contributed by atoms with Crippen LogP contribution in [0.4, 0.5) is 15.9 Å². The van der Waals surface area contributed by atoms with E-state index in [0.29, 0.717) is 12.4 Å². The van der Waals surface area contributed by atoms with Gasteiger partial charge in [0.2, 0.25) is 5.91 Å². The number of carbonyl (C=O) groups excluding carboxylic acids is 2. The lowest BCUT2D eigenvalue weighted by Crippen LogP contribution is -2.46. The Kier molecular flexibility index (Phi) is 4.77. The highest BCUT2D eigenvalue weighted by molar-refractivity contribution is 6.05. The zero-order chi connectivity index (χ0) is 21.4. The van der Waals surface area contributed by atoms with Crippen molar-refractivity contribution in [3.63, 3.8) is 0 Å². The minimum absolute atomic E-state index is 0.135. The predicted octanol–water partition coefficient (Wildman–Crippen LogP) is 3.86. The molecule has 0 spiro atoms. The molecule has 5 rings (SSSR count). The number of amides is 2. The quantitative estimate of drug-likeness (QED) is 0.692. The molecule has 1 aliphatic heterocycles. The number of carbonyl (C=O) groups is 2. The number of fused-ring (bicyclic) bond motifs is 1. The fourth-order valence-corrected chi connectivity index (χ4v) is 4.43. The van der Waals surface area contributed by atoms with Crippen molar-refractivity contribution in [2.45, 2.75) is 37.5 Å². The van der Waals surface area contributed by atoms with Gasteiger partial charge in [-0.3, -0.25) is 9.59 Å². The van der Waals surface area contributed by atoms with Crippen LogP contribution >= 0.6 is 0 Å². The first-order chi connectivity index (χ1) is 15.1. The maximum Gasteiger partial charge on any atom is 0.280 e. The molecule has 0 bridgehead atoms. The van der Waals surface area contributed by atoms with Crippen molar-refractivity contribution in [2.75, 3.05) is 16.8 Å². The normalized spacial score (nSPS) is 16.9. The summed E-state index contributed by atoms with van der Waals surface area (Å²) in [7, 11) is 0. The molecule has 3 heterocycles. The second-order valence-corrected chi connectivity index (χ2v) is 8.03. The lowest BCUT2D eigenvalue weighted by molar-refractivity contribution is -0.124. The van der Waals surface area contributed by atoms with E-state index in [4.69, 9.17) is 4.42 Å². The molecular weight excluding hydrogens is 399 g/mol. The molecule has 1 N–H and O–H groups in total. The molecule has 3 aromatic rings. The number of oxazole rings is 1. The third-order valence-electron chi connectivity index (χ3n) is 6.26. The number of aryl methyl sites for hydroxylation is 1. The van der Waals surface area contributed by atoms with Crippen molar-refractivity contribution in [1.82, 2.24) is 9.97 Å². The van der Waals surface area contributed by atoms with Crippen molar-refractivity contribution in [2.24, 2.45) is 0 Å². The second-order valence-electron chi connectivity index (χ2n) is 8.03. The Labute approximate surface area is 178 Å². The van der Waals surface area contributed by atoms with Crippen molar-refractivity contribution in [3.8, 4) is 0 Å². The molecule has 1 fully saturated rings. The van der Waals surface area contributed by atoms with Crippen LogP contribution in [0.15, 0.2) is 53.6 Å². The molecule has 0 unspecified atom stereocenters. The summed E-state index contributed by atoms with van der Waals surface area (Å²) in [6.07, 6.45) is 7.78. The first-order valence-corrected chi connectivity index (χ1v) is 10.3. The highest BCUT2D eigenvalue weighted by Gasteiger charge is 2.46. The summed E-state index contributed by atoms with van der Waals surface area (Å²) in [6.45, 7) is 0.611. The molecular formula is C23H21FN4O3. The Balaban J connectivity index is 1.43. The van der Waals surface area contributed by atoms with Crippen LogP contribution in [0.25, 0.3) is 0 Å². The van der Waals surface area contributed by atoms with Gasteiger partial charge in [0, 0.05) is 12.2 Å². The number of nitrogens with one attached hydrogen (secondary N) is 1. The Morgan fingerprint density at radius 2 is 2.00 bits per heavy atom. The van der Waals surface area contributed by atoms with Crippen LogP contribution in [-0.2, 0) is 16.6 Å². The number of halogens is 1. The van der Waals surface area contributed by atoms with Gasteiger partial charge in [-0.25, -0.2) is 14.4 Å². The predicted molar refractivity (Wildman–Crippen MR) is 111 cm³/mol. The van der Waals surface area contributed by atoms with E-state index in [-0.39, 0.29) is 17.5 Å². The van der Waals surface area contributed by atoms with Gasteiger partial charge in [-0.1, -0.05) is 18.6 Å². The van der Waals surface area contributed by atoms with Gasteiger partial charge in [0.1, 0.15) is 17.9 Å². The maximum absolute atomic E-state index is 13.2. The number of hydrogen-bond donors (Lipinski definition) is 1. The number of benzene rings is 1. The van der Waals surface area contributed by atoms with E-state index in [2.05, 4.69) is 21.4 Å². The molecule has 8 heteroatoms. The van der Waals surface area contributed by atoms with Gasteiger partial charge >= 0.3 is 0 Å². The molecule has 0 radical (unpaired) electrons. The lowest BCUT2D eigenvalue weighted by Gasteiger charge is -2.41. The fourth-order valence-electron chi connectivity index (χ4n) is 4.43. The molecule has 7 nitrogen and oxygen atoms in total. The second kappa shape index (κ2) is 7.61. The molecule has 158 valence electrons. The van der Waals surface area contributed by atoms with Crippen molar-refractivity contribution < 1.29 is 18.4 Å². The Morgan fingerprint density at radius 1 is 1.13 bits per heavy atom. The third-order valence-corrected chi connectivity index (χ3v) is 6.26. The largest absolute Gasteiger partial charge is 0.451 e. The SMILES string of the molecule is O=C(c1cocn1)N1CCCc2cc(C3(C(=O)Nc4ccc(F)cn4)CCC3)ccc21. The van der Waals surface area contributed by atoms with Crippen LogP contribution in [0.3, 0.4) is 0 Å². The number of nitrogens with zero attached hydrogens (tertiary/aromatic N) is 3. The van der Waals surface area contributed by atoms with Gasteiger partial charge in [-0.2, -0.15) is 0 Å². The van der Waals surface area contributed by atoms with E-state index >= 15 is 0 Å². The zero-order valence-electron chi connectivity index (χ0n) is 16.8. The monoisotopic (exact) mass is 420 g/mol. The van der Waals surface area contributed by atoms with Crippen LogP contribution in [0.5, 0.6) is 0 Å². The van der Waals surface area contributed by atoms with Gasteiger partial charge in [0.25, 0.3) is 5.91 Å². The van der Waals surface area contributed by atoms with Crippen LogP contribution < -0.4 is 10.2 Å². The number of hydrogen-bond acceptors (Lipinski definition) is 5. The van der Waals surface area contributed by atoms with E-state index in [1.807, 2.05) is 12.1 Å². The average Bonchev–Trinajstić information content (AvgIpc) is 3.28. The van der Waals surface area contributed by atoms with E-state index in [9.17, 15) is 14.0 Å². The number of anilines is 2. The number of pyridine rings is 1. The summed E-state index contributed by atoms with van der Waals surface area (Å²) in [4.78, 5) is 35.6. The molecule has 2 amide bonds. The summed E-state index contributed by atoms with van der Waals surface area (Å²) >= 11 is 0. The first-order valence-electron chi connectivity index (χ1n) is 10.3. The Morgan fingerprint density at radius 3 is 2.68 bits per heavy atom. The van der Waals surface area contributed by atoms with Gasteiger partial charge in [0.05, 0.1) is 11.6 Å². The summed E-state index contributed by atoms with van der Waals surface area (Å²) < 4.78 is 18.1. The van der Waals surface area contributed by atoms with Crippen molar-refractivity contribution >= 4 is 23.3 Å². The fraction of sp³-hybridized carbons (Fsp3) is 0.304. The summed E-state index contributed by atoms with van der Waals surface area (Å²) in [5.41, 5.74) is 2.47. The number of rotatable bonds is 4. The standard InChI is InChI=1S/C23H21FN4O3/c24-17-5-7-20(25-12-17)27-22(30)23(8-2-9-23)16-4-6-19-15(11-16)3-1-10-28(19)21(29)18-13-31-14-26-18/h4-7,11-14H,1-3,8-10H2,(H,25,27,30). The van der Waals surface area contributed by atoms with E-state index in [1.54, 1.807) is 4.90 Å². The van der Waals surface area contributed by atoms with Gasteiger partial charge < -0.3 is 14.6 Å². The van der Waals surface area contributed by atoms with Crippen LogP contribution in [0, 0.1) is 5.82 Å². The summed E-state index contributed by atoms with van der Waals surface area (Å²) in [5, 5.41) is 2.84. The van der Waals surface area contributed by atoms with Crippen LogP contribution in [0.1, 0.15) is 47.3 Å². The lowest BCUT2D eigenvalue weighted by atomic mass is 9.63. The molecule has 1 aromatic carbocycles. The first kappa shape index (κ1) is 19.4. The average molecular weight is 420 g/mol. The molecule has 2 aromatic heterocycles. The van der Waals surface area contributed by atoms with E-state index in [1.165, 1.54) is 24.8 Å². The molecule has 1 aliphatic carbocycles. The molecule has 0 atom stereocenters. The topological polar surface area (TPSA) is 88.3 Å². The van der Waals surface area contributed by atoms with E-state index in [0.717, 1.165) is 55.1 Å². The number of aromatic nitrogens is 2. The summed E-state index contributed by atoms with van der Waals surface area (Å²) in [5.74, 6) is -0.444. The highest BCUT2D eigenvalue weighted by Crippen LogP contribution is 2.46.